The van der Waals surface area contributed by atoms with E-state index in [0.717, 1.165) is 11.8 Å². The van der Waals surface area contributed by atoms with Crippen LogP contribution in [-0.2, 0) is 9.47 Å². The van der Waals surface area contributed by atoms with Crippen molar-refractivity contribution in [1.82, 2.24) is 15.2 Å². The van der Waals surface area contributed by atoms with Gasteiger partial charge in [0.15, 0.2) is 5.82 Å². The van der Waals surface area contributed by atoms with Crippen molar-refractivity contribution in [3.8, 4) is 17.0 Å². The Hall–Kier alpha value is -4.42. The Kier molecular flexibility index (Phi) is 12.9. The van der Waals surface area contributed by atoms with Gasteiger partial charge >= 0.3 is 12.2 Å². The molecule has 1 unspecified atom stereocenters. The molecule has 0 spiro atoms. The van der Waals surface area contributed by atoms with Crippen molar-refractivity contribution >= 4 is 29.7 Å². The molecule has 13 heteroatoms. The van der Waals surface area contributed by atoms with Crippen molar-refractivity contribution in [2.24, 2.45) is 5.73 Å². The van der Waals surface area contributed by atoms with Crippen molar-refractivity contribution < 1.29 is 38.1 Å². The fraction of sp³-hybridized carbons (Fsp3) is 0.474. The minimum atomic E-state index is -0.984. The lowest BCUT2D eigenvalue weighted by Crippen LogP contribution is -2.49. The van der Waals surface area contributed by atoms with Crippen LogP contribution in [0.2, 0.25) is 5.02 Å². The van der Waals surface area contributed by atoms with Gasteiger partial charge in [0.1, 0.15) is 11.2 Å². The minimum absolute atomic E-state index is 0.113. The molecule has 0 bridgehead atoms. The van der Waals surface area contributed by atoms with Crippen LogP contribution in [0.1, 0.15) is 94.6 Å². The molecule has 0 aliphatic heterocycles. The number of nitrogens with one attached hydrogen (secondary N) is 1. The van der Waals surface area contributed by atoms with Gasteiger partial charge in [-0.3, -0.25) is 4.79 Å². The van der Waals surface area contributed by atoms with E-state index in [1.165, 1.54) is 0 Å². The zero-order valence-electron chi connectivity index (χ0n) is 30.0. The van der Waals surface area contributed by atoms with Crippen LogP contribution in [0.5, 0.6) is 5.88 Å². The Morgan fingerprint density at radius 2 is 1.65 bits per heavy atom. The first kappa shape index (κ1) is 39.4. The number of aromatic nitrogens is 1. The van der Waals surface area contributed by atoms with Crippen LogP contribution in [-0.4, -0.2) is 71.0 Å². The summed E-state index contributed by atoms with van der Waals surface area (Å²) in [6, 6.07) is 14.2. The molecule has 1 saturated carbocycles. The highest BCUT2D eigenvalue weighted by Crippen LogP contribution is 2.39. The largest absolute Gasteiger partial charge is 0.852 e. The molecular formula is C38H47ClFN4O7-. The van der Waals surface area contributed by atoms with Gasteiger partial charge in [0, 0.05) is 46.9 Å². The van der Waals surface area contributed by atoms with E-state index in [4.69, 9.17) is 31.5 Å². The number of rotatable bonds is 11. The molecule has 0 saturated heterocycles. The molecule has 3 aromatic rings. The maximum atomic E-state index is 16.0. The second kappa shape index (κ2) is 16.7. The Balaban J connectivity index is 1.74. The second-order valence-corrected chi connectivity index (χ2v) is 15.0. The second-order valence-electron chi connectivity index (χ2n) is 14.6. The lowest BCUT2D eigenvalue weighted by Gasteiger charge is -2.39. The Bertz CT molecular complexity index is 1690. The third-order valence-electron chi connectivity index (χ3n) is 8.30. The maximum absolute atomic E-state index is 16.0. The summed E-state index contributed by atoms with van der Waals surface area (Å²) >= 11 is 6.67. The molecule has 1 fully saturated rings. The van der Waals surface area contributed by atoms with Crippen molar-refractivity contribution in [3.05, 3.63) is 82.3 Å². The molecule has 1 atom stereocenters. The third-order valence-corrected chi connectivity index (χ3v) is 8.63. The average Bonchev–Trinajstić information content (AvgIpc) is 3.04. The summed E-state index contributed by atoms with van der Waals surface area (Å²) in [4.78, 5) is 44.5. The number of nitrogens with zero attached hydrogens (tertiary/aromatic N) is 2. The van der Waals surface area contributed by atoms with Crippen LogP contribution in [0, 0.1) is 5.82 Å². The number of pyridine rings is 1. The molecule has 276 valence electrons. The molecule has 1 heterocycles. The Morgan fingerprint density at radius 3 is 2.24 bits per heavy atom. The highest BCUT2D eigenvalue weighted by Gasteiger charge is 2.35. The minimum Gasteiger partial charge on any atom is -0.852 e. The van der Waals surface area contributed by atoms with Crippen LogP contribution in [0.25, 0.3) is 11.1 Å². The fourth-order valence-electron chi connectivity index (χ4n) is 6.09. The Labute approximate surface area is 303 Å². The van der Waals surface area contributed by atoms with Gasteiger partial charge in [-0.1, -0.05) is 48.0 Å². The van der Waals surface area contributed by atoms with Gasteiger partial charge in [-0.25, -0.2) is 19.0 Å². The lowest BCUT2D eigenvalue weighted by atomic mass is 9.86. The van der Waals surface area contributed by atoms with E-state index in [1.807, 2.05) is 51.1 Å². The molecule has 3 amide bonds. The van der Waals surface area contributed by atoms with Crippen LogP contribution < -0.4 is 20.9 Å². The third kappa shape index (κ3) is 10.8. The number of hydrogen-bond acceptors (Lipinski definition) is 8. The quantitative estimate of drug-likeness (QED) is 0.225. The number of carbonyl (C=O) groups is 3. The van der Waals surface area contributed by atoms with Gasteiger partial charge in [0.25, 0.3) is 11.8 Å². The summed E-state index contributed by atoms with van der Waals surface area (Å²) in [7, 11) is 0. The topological polar surface area (TPSA) is 156 Å². The van der Waals surface area contributed by atoms with Crippen molar-refractivity contribution in [2.45, 2.75) is 96.4 Å². The lowest BCUT2D eigenvalue weighted by molar-refractivity contribution is -0.371. The monoisotopic (exact) mass is 725 g/mol. The van der Waals surface area contributed by atoms with Crippen molar-refractivity contribution in [1.29, 1.82) is 0 Å². The summed E-state index contributed by atoms with van der Waals surface area (Å²) in [5, 5.41) is 14.1. The van der Waals surface area contributed by atoms with E-state index >= 15 is 4.39 Å². The highest BCUT2D eigenvalue weighted by molar-refractivity contribution is 6.33. The summed E-state index contributed by atoms with van der Waals surface area (Å²) < 4.78 is 32.6. The molecule has 1 aromatic heterocycles. The summed E-state index contributed by atoms with van der Waals surface area (Å²) in [6.07, 6.45) is 2.57. The summed E-state index contributed by atoms with van der Waals surface area (Å²) in [6.45, 7) is 10.1. The van der Waals surface area contributed by atoms with Crippen LogP contribution in [0.4, 0.5) is 14.0 Å². The van der Waals surface area contributed by atoms with Gasteiger partial charge in [-0.05, 0) is 90.5 Å². The number of ether oxygens (including phenoxy) is 3. The normalized spacial score (nSPS) is 16.9. The molecular weight excluding hydrogens is 679 g/mol. The molecule has 2 aromatic carbocycles. The fourth-order valence-corrected chi connectivity index (χ4v) is 6.31. The van der Waals surface area contributed by atoms with Gasteiger partial charge in [-0.15, -0.1) is 6.61 Å². The molecule has 0 radical (unpaired) electrons. The van der Waals surface area contributed by atoms with Crippen LogP contribution >= 0.6 is 11.6 Å². The van der Waals surface area contributed by atoms with Crippen molar-refractivity contribution in [2.75, 3.05) is 19.8 Å². The van der Waals surface area contributed by atoms with E-state index < -0.39 is 53.5 Å². The van der Waals surface area contributed by atoms with Crippen LogP contribution in [0.15, 0.2) is 54.7 Å². The van der Waals surface area contributed by atoms with Gasteiger partial charge in [0.05, 0.1) is 12.2 Å². The van der Waals surface area contributed by atoms with E-state index in [-0.39, 0.29) is 46.9 Å². The first-order valence-corrected chi connectivity index (χ1v) is 17.4. The smallest absolute Gasteiger partial charge is 0.410 e. The number of halogens is 2. The summed E-state index contributed by atoms with van der Waals surface area (Å²) in [5.74, 6) is -2.83. The molecule has 3 N–H and O–H groups in total. The van der Waals surface area contributed by atoms with Crippen molar-refractivity contribution in [3.63, 3.8) is 0 Å². The molecule has 4 rings (SSSR count). The zero-order chi connectivity index (χ0) is 37.5. The van der Waals surface area contributed by atoms with Gasteiger partial charge < -0.3 is 35.3 Å². The van der Waals surface area contributed by atoms with E-state index in [9.17, 15) is 19.5 Å². The van der Waals surface area contributed by atoms with E-state index in [0.29, 0.717) is 31.2 Å². The number of amides is 3. The Morgan fingerprint density at radius 1 is 1.00 bits per heavy atom. The van der Waals surface area contributed by atoms with Gasteiger partial charge in [-0.2, -0.15) is 0 Å². The highest BCUT2D eigenvalue weighted by atomic mass is 35.5. The van der Waals surface area contributed by atoms with E-state index in [2.05, 4.69) is 10.3 Å². The van der Waals surface area contributed by atoms with E-state index in [1.54, 1.807) is 43.9 Å². The molecule has 1 aliphatic carbocycles. The zero-order valence-corrected chi connectivity index (χ0v) is 30.7. The first-order chi connectivity index (χ1) is 24.0. The number of primary amides is 1. The number of benzene rings is 2. The first-order valence-electron chi connectivity index (χ1n) is 17.0. The maximum Gasteiger partial charge on any atom is 0.410 e. The SMILES string of the molecule is CC(C)(C)OC(=O)NC1CCC(N(CC(c2ccccc2)c2ccc(Cl)c(-c3c(C(N)=O)cnc(OCC[O-])c3F)c2)C(=O)OC(C)(C)C)CC1. The van der Waals surface area contributed by atoms with Crippen LogP contribution in [0.3, 0.4) is 0 Å². The molecule has 11 nitrogen and oxygen atoms in total. The standard InChI is InChI=1S/C38H47ClFN4O7/c1-37(2,3)50-35(47)43-25-13-15-26(16-14-25)44(36(48)51-38(4,5)6)22-29(23-10-8-7-9-11-23)24-12-17-30(39)27(20-24)31-28(33(41)46)21-42-34(32(31)40)49-19-18-45/h7-12,17,20-21,25-26,29H,13-16,18-19,22H2,1-6H3,(H2,41,46)(H,43,47)/q-1. The number of hydrogen-bond donors (Lipinski definition) is 2. The predicted molar refractivity (Wildman–Crippen MR) is 190 cm³/mol. The average molecular weight is 726 g/mol. The number of carbonyl (C=O) groups excluding carboxylic acids is 3. The summed E-state index contributed by atoms with van der Waals surface area (Å²) in [5.41, 5.74) is 5.51. The van der Waals surface area contributed by atoms with Gasteiger partial charge in [0.2, 0.25) is 0 Å². The predicted octanol–water partition coefficient (Wildman–Crippen LogP) is 6.58. The number of nitrogens with two attached hydrogens (primary N) is 1. The number of alkyl carbamates (subject to hydrolysis) is 1. The molecule has 1 aliphatic rings. The molecule has 51 heavy (non-hydrogen) atoms.